The maximum atomic E-state index is 11.4. The molecule has 0 aromatic rings. The zero-order chi connectivity index (χ0) is 9.10. The van der Waals surface area contributed by atoms with Crippen LogP contribution in [0.2, 0.25) is 0 Å². The fourth-order valence-corrected chi connectivity index (χ4v) is 2.61. The first-order valence-electron chi connectivity index (χ1n) is 5.54. The molecule has 1 heteroatoms. The summed E-state index contributed by atoms with van der Waals surface area (Å²) < 4.78 is 0. The largest absolute Gasteiger partial charge is 0.299 e. The molecule has 2 unspecified atom stereocenters. The Hall–Kier alpha value is -0.590. The van der Waals surface area contributed by atoms with Gasteiger partial charge in [0, 0.05) is 12.3 Å². The predicted octanol–water partition coefficient (Wildman–Crippen LogP) is 3.10. The molecule has 2 atom stereocenters. The van der Waals surface area contributed by atoms with Gasteiger partial charge in [-0.2, -0.15) is 0 Å². The van der Waals surface area contributed by atoms with Crippen LogP contribution in [-0.2, 0) is 4.79 Å². The average molecular weight is 178 g/mol. The average Bonchev–Trinajstić information content (AvgIpc) is 2.54. The molecule has 0 aliphatic heterocycles. The SMILES string of the molecule is O=C1CCCC1CC1CC=CCC1. The molecule has 72 valence electrons. The Bertz CT molecular complexity index is 217. The third-order valence-corrected chi connectivity index (χ3v) is 3.43. The summed E-state index contributed by atoms with van der Waals surface area (Å²) >= 11 is 0. The first-order valence-corrected chi connectivity index (χ1v) is 5.54. The van der Waals surface area contributed by atoms with Crippen molar-refractivity contribution in [2.24, 2.45) is 11.8 Å². The molecule has 0 N–H and O–H groups in total. The molecule has 0 spiro atoms. The van der Waals surface area contributed by atoms with Gasteiger partial charge in [0.25, 0.3) is 0 Å². The zero-order valence-corrected chi connectivity index (χ0v) is 8.17. The highest BCUT2D eigenvalue weighted by Gasteiger charge is 2.26. The summed E-state index contributed by atoms with van der Waals surface area (Å²) in [5.41, 5.74) is 0. The highest BCUT2D eigenvalue weighted by molar-refractivity contribution is 5.82. The predicted molar refractivity (Wildman–Crippen MR) is 53.4 cm³/mol. The Morgan fingerprint density at radius 3 is 2.85 bits per heavy atom. The minimum absolute atomic E-state index is 0.427. The summed E-state index contributed by atoms with van der Waals surface area (Å²) in [4.78, 5) is 11.4. The lowest BCUT2D eigenvalue weighted by Crippen LogP contribution is -2.13. The third kappa shape index (κ3) is 2.20. The van der Waals surface area contributed by atoms with Gasteiger partial charge in [-0.3, -0.25) is 4.79 Å². The van der Waals surface area contributed by atoms with E-state index in [0.717, 1.165) is 18.8 Å². The summed E-state index contributed by atoms with van der Waals surface area (Å²) in [6.45, 7) is 0. The number of allylic oxidation sites excluding steroid dienone is 2. The van der Waals surface area contributed by atoms with Gasteiger partial charge in [0.1, 0.15) is 5.78 Å². The van der Waals surface area contributed by atoms with Crippen LogP contribution in [-0.4, -0.2) is 5.78 Å². The molecule has 0 amide bonds. The molecule has 13 heavy (non-hydrogen) atoms. The van der Waals surface area contributed by atoms with E-state index in [1.807, 2.05) is 0 Å². The molecule has 0 saturated heterocycles. The second-order valence-corrected chi connectivity index (χ2v) is 4.44. The lowest BCUT2D eigenvalue weighted by Gasteiger charge is -2.20. The number of ketones is 1. The highest BCUT2D eigenvalue weighted by Crippen LogP contribution is 2.32. The summed E-state index contributed by atoms with van der Waals surface area (Å²) in [5.74, 6) is 1.77. The Morgan fingerprint density at radius 1 is 1.31 bits per heavy atom. The van der Waals surface area contributed by atoms with Crippen LogP contribution < -0.4 is 0 Å². The van der Waals surface area contributed by atoms with Crippen molar-refractivity contribution >= 4 is 5.78 Å². The summed E-state index contributed by atoms with van der Waals surface area (Å²) in [7, 11) is 0. The highest BCUT2D eigenvalue weighted by atomic mass is 16.1. The molecule has 2 aliphatic rings. The van der Waals surface area contributed by atoms with E-state index in [2.05, 4.69) is 12.2 Å². The molecule has 0 aromatic carbocycles. The lowest BCUT2D eigenvalue weighted by atomic mass is 9.85. The van der Waals surface area contributed by atoms with Crippen molar-refractivity contribution in [1.82, 2.24) is 0 Å². The van der Waals surface area contributed by atoms with Crippen molar-refractivity contribution in [2.45, 2.75) is 44.9 Å². The fourth-order valence-electron chi connectivity index (χ4n) is 2.61. The van der Waals surface area contributed by atoms with Crippen LogP contribution in [0.4, 0.5) is 0 Å². The maximum absolute atomic E-state index is 11.4. The minimum atomic E-state index is 0.427. The monoisotopic (exact) mass is 178 g/mol. The van der Waals surface area contributed by atoms with E-state index < -0.39 is 0 Å². The van der Waals surface area contributed by atoms with Crippen LogP contribution in [0.3, 0.4) is 0 Å². The van der Waals surface area contributed by atoms with Gasteiger partial charge in [-0.1, -0.05) is 12.2 Å². The lowest BCUT2D eigenvalue weighted by molar-refractivity contribution is -0.121. The molecule has 0 radical (unpaired) electrons. The van der Waals surface area contributed by atoms with Crippen LogP contribution in [0.15, 0.2) is 12.2 Å². The molecule has 1 nitrogen and oxygen atoms in total. The van der Waals surface area contributed by atoms with Crippen molar-refractivity contribution in [3.63, 3.8) is 0 Å². The van der Waals surface area contributed by atoms with E-state index in [1.165, 1.54) is 32.1 Å². The van der Waals surface area contributed by atoms with Gasteiger partial charge in [-0.15, -0.1) is 0 Å². The number of hydrogen-bond acceptors (Lipinski definition) is 1. The van der Waals surface area contributed by atoms with Crippen LogP contribution in [0.25, 0.3) is 0 Å². The normalized spacial score (nSPS) is 34.0. The Morgan fingerprint density at radius 2 is 2.23 bits per heavy atom. The fraction of sp³-hybridized carbons (Fsp3) is 0.750. The molecule has 1 saturated carbocycles. The number of rotatable bonds is 2. The van der Waals surface area contributed by atoms with Crippen LogP contribution in [0, 0.1) is 11.8 Å². The third-order valence-electron chi connectivity index (χ3n) is 3.43. The molecule has 1 fully saturated rings. The van der Waals surface area contributed by atoms with Crippen LogP contribution >= 0.6 is 0 Å². The summed E-state index contributed by atoms with van der Waals surface area (Å²) in [6, 6.07) is 0. The quantitative estimate of drug-likeness (QED) is 0.594. The van der Waals surface area contributed by atoms with Gasteiger partial charge in [-0.05, 0) is 44.4 Å². The molecule has 2 aliphatic carbocycles. The van der Waals surface area contributed by atoms with Gasteiger partial charge in [0.05, 0.1) is 0 Å². The Balaban J connectivity index is 1.83. The van der Waals surface area contributed by atoms with Crippen molar-refractivity contribution in [1.29, 1.82) is 0 Å². The zero-order valence-electron chi connectivity index (χ0n) is 8.17. The van der Waals surface area contributed by atoms with Crippen LogP contribution in [0.5, 0.6) is 0 Å². The van der Waals surface area contributed by atoms with Crippen LogP contribution in [0.1, 0.15) is 44.9 Å². The van der Waals surface area contributed by atoms with Crippen molar-refractivity contribution in [3.8, 4) is 0 Å². The van der Waals surface area contributed by atoms with E-state index in [9.17, 15) is 4.79 Å². The van der Waals surface area contributed by atoms with E-state index in [-0.39, 0.29) is 0 Å². The van der Waals surface area contributed by atoms with Crippen molar-refractivity contribution in [2.75, 3.05) is 0 Å². The maximum Gasteiger partial charge on any atom is 0.135 e. The van der Waals surface area contributed by atoms with E-state index in [0.29, 0.717) is 11.7 Å². The number of carbonyl (C=O) groups excluding carboxylic acids is 1. The molecular formula is C12H18O. The number of carbonyl (C=O) groups is 1. The van der Waals surface area contributed by atoms with Gasteiger partial charge in [-0.25, -0.2) is 0 Å². The van der Waals surface area contributed by atoms with Crippen molar-refractivity contribution < 1.29 is 4.79 Å². The molecular weight excluding hydrogens is 160 g/mol. The second-order valence-electron chi connectivity index (χ2n) is 4.44. The van der Waals surface area contributed by atoms with Gasteiger partial charge < -0.3 is 0 Å². The second kappa shape index (κ2) is 4.08. The van der Waals surface area contributed by atoms with Crippen molar-refractivity contribution in [3.05, 3.63) is 12.2 Å². The van der Waals surface area contributed by atoms with E-state index in [1.54, 1.807) is 0 Å². The topological polar surface area (TPSA) is 17.1 Å². The minimum Gasteiger partial charge on any atom is -0.299 e. The van der Waals surface area contributed by atoms with Gasteiger partial charge >= 0.3 is 0 Å². The molecule has 0 aromatic heterocycles. The molecule has 2 rings (SSSR count). The first-order chi connectivity index (χ1) is 6.36. The van der Waals surface area contributed by atoms with Gasteiger partial charge in [0.2, 0.25) is 0 Å². The van der Waals surface area contributed by atoms with Gasteiger partial charge in [0.15, 0.2) is 0 Å². The van der Waals surface area contributed by atoms with E-state index in [4.69, 9.17) is 0 Å². The summed E-state index contributed by atoms with van der Waals surface area (Å²) in [6.07, 6.45) is 12.6. The smallest absolute Gasteiger partial charge is 0.135 e. The molecule has 0 heterocycles. The van der Waals surface area contributed by atoms with E-state index >= 15 is 0 Å². The standard InChI is InChI=1S/C12H18O/c13-12-8-4-7-11(12)9-10-5-2-1-3-6-10/h1-2,10-11H,3-9H2. The Labute approximate surface area is 80.2 Å². The summed E-state index contributed by atoms with van der Waals surface area (Å²) in [5, 5.41) is 0. The number of Topliss-reactive ketones (excluding diaryl/α,β-unsaturated/α-hetero) is 1. The number of hydrogen-bond donors (Lipinski definition) is 0. The molecule has 0 bridgehead atoms. The Kier molecular flexibility index (Phi) is 2.82. The first kappa shape index (κ1) is 8.98.